The molecule has 0 unspecified atom stereocenters. The molecule has 44 heavy (non-hydrogen) atoms. The van der Waals surface area contributed by atoms with Gasteiger partial charge in [0.05, 0.1) is 5.58 Å². The van der Waals surface area contributed by atoms with Crippen molar-refractivity contribution in [2.24, 2.45) is 0 Å². The van der Waals surface area contributed by atoms with Crippen LogP contribution in [0.3, 0.4) is 0 Å². The zero-order valence-electron chi connectivity index (χ0n) is 24.9. The fourth-order valence-corrected chi connectivity index (χ4v) is 8.75. The van der Waals surface area contributed by atoms with Gasteiger partial charge in [-0.1, -0.05) is 53.4 Å². The molecule has 8 rings (SSSR count). The summed E-state index contributed by atoms with van der Waals surface area (Å²) >= 11 is 0.107. The van der Waals surface area contributed by atoms with E-state index in [2.05, 4.69) is 89.8 Å². The molecule has 0 aliphatic heterocycles. The second-order valence-corrected chi connectivity index (χ2v) is 23.5. The molecule has 0 bridgehead atoms. The van der Waals surface area contributed by atoms with Crippen LogP contribution in [0.1, 0.15) is 5.56 Å². The Hall–Kier alpha value is -3.61. The molecule has 0 amide bonds. The molecular weight excluding hydrogens is 797 g/mol. The Morgan fingerprint density at radius 1 is 0.705 bits per heavy atom. The van der Waals surface area contributed by atoms with E-state index in [9.17, 15) is 0 Å². The number of fused-ring (bicyclic) bond motifs is 6. The number of benzene rings is 4. The molecule has 1 radical (unpaired) electrons. The summed E-state index contributed by atoms with van der Waals surface area (Å²) in [4.78, 5) is 9.30. The Balaban J connectivity index is 0.000000174. The molecule has 0 atom stereocenters. The fraction of sp³-hybridized carbons (Fsp3) is 0.105. The third kappa shape index (κ3) is 5.78. The third-order valence-corrected chi connectivity index (χ3v) is 13.3. The van der Waals surface area contributed by atoms with E-state index in [0.717, 1.165) is 44.5 Å². The Morgan fingerprint density at radius 3 is 2.27 bits per heavy atom. The maximum Gasteiger partial charge on any atom is 0 e. The van der Waals surface area contributed by atoms with Crippen molar-refractivity contribution in [1.82, 2.24) is 9.97 Å². The number of aromatic nitrogens is 2. The number of nitrogens with zero attached hydrogens (tertiary/aromatic N) is 2. The number of para-hydroxylation sites is 1. The van der Waals surface area contributed by atoms with E-state index < -0.39 is 13.3 Å². The SMILES string of the molecule is Cc1cccc2c1sc1cc(-c3[c-]ccc4c3oc3ccccc34)ncc12.[CH3][Ge]([CH3])([CH3])[c]1ccc(-c2[c-]cccc2)nc1.[Ir]. The molecule has 0 saturated carbocycles. The molecule has 8 aromatic rings. The van der Waals surface area contributed by atoms with Crippen molar-refractivity contribution in [3.8, 4) is 22.5 Å². The topological polar surface area (TPSA) is 38.9 Å². The standard InChI is InChI=1S/C24H14NOS.C14H16GeN.Ir/c1-14-6-4-9-17-19-13-25-20(12-22(19)27-24(14)17)18-10-5-8-16-15-7-2-3-11-21(15)26-23(16)18;1-15(2,3)13-9-10-14(16-11-13)12-7-5-4-6-8-12;/h2-9,11-13H,1H3;4-7,9-11H,1-3H3;/q2*-1;. The summed E-state index contributed by atoms with van der Waals surface area (Å²) in [5.41, 5.74) is 6.94. The van der Waals surface area contributed by atoms with Gasteiger partial charge in [-0.2, -0.15) is 0 Å². The van der Waals surface area contributed by atoms with Crippen LogP contribution in [0, 0.1) is 19.1 Å². The first-order chi connectivity index (χ1) is 20.9. The van der Waals surface area contributed by atoms with Crippen LogP contribution >= 0.6 is 11.3 Å². The Labute approximate surface area is 277 Å². The van der Waals surface area contributed by atoms with Gasteiger partial charge >= 0.3 is 99.8 Å². The number of hydrogen-bond donors (Lipinski definition) is 0. The summed E-state index contributed by atoms with van der Waals surface area (Å²) in [7, 11) is 0. The summed E-state index contributed by atoms with van der Waals surface area (Å²) in [6, 6.07) is 39.6. The van der Waals surface area contributed by atoms with Gasteiger partial charge < -0.3 is 9.40 Å². The van der Waals surface area contributed by atoms with Crippen molar-refractivity contribution < 1.29 is 24.5 Å². The van der Waals surface area contributed by atoms with Crippen LogP contribution in [0.4, 0.5) is 0 Å². The summed E-state index contributed by atoms with van der Waals surface area (Å²) in [5, 5.41) is 4.72. The van der Waals surface area contributed by atoms with Crippen LogP contribution in [0.5, 0.6) is 0 Å². The first-order valence-electron chi connectivity index (χ1n) is 14.4. The summed E-state index contributed by atoms with van der Waals surface area (Å²) < 4.78 is 10.2. The first kappa shape index (κ1) is 30.4. The minimum absolute atomic E-state index is 0. The summed E-state index contributed by atoms with van der Waals surface area (Å²) in [5.74, 6) is 7.14. The van der Waals surface area contributed by atoms with Crippen molar-refractivity contribution in [2.45, 2.75) is 24.2 Å². The smallest absolute Gasteiger partial charge is 0 e. The monoisotopic (exact) mass is 829 g/mol. The van der Waals surface area contributed by atoms with Crippen molar-refractivity contribution >= 4 is 71.1 Å². The predicted molar refractivity (Wildman–Crippen MR) is 185 cm³/mol. The molecular formula is C38H30GeIrN2OS-2. The average molecular weight is 828 g/mol. The van der Waals surface area contributed by atoms with Crippen LogP contribution < -0.4 is 4.40 Å². The Bertz CT molecular complexity index is 2230. The van der Waals surface area contributed by atoms with Crippen LogP contribution in [0.2, 0.25) is 17.3 Å². The summed E-state index contributed by atoms with van der Waals surface area (Å²) in [6.07, 6.45) is 4.02. The molecule has 0 spiro atoms. The Morgan fingerprint density at radius 2 is 1.50 bits per heavy atom. The molecule has 3 nitrogen and oxygen atoms in total. The van der Waals surface area contributed by atoms with Gasteiger partial charge in [-0.15, -0.1) is 29.5 Å². The Kier molecular flexibility index (Phi) is 8.58. The van der Waals surface area contributed by atoms with Gasteiger partial charge in [-0.05, 0) is 24.2 Å². The first-order valence-corrected chi connectivity index (χ1v) is 22.6. The minimum Gasteiger partial charge on any atom is 0 e. The van der Waals surface area contributed by atoms with Crippen LogP contribution in [0.25, 0.3) is 64.6 Å². The second kappa shape index (κ2) is 12.4. The van der Waals surface area contributed by atoms with Gasteiger partial charge in [0.15, 0.2) is 0 Å². The number of rotatable bonds is 3. The molecule has 0 N–H and O–H groups in total. The van der Waals surface area contributed by atoms with Crippen molar-refractivity contribution in [3.63, 3.8) is 0 Å². The zero-order valence-corrected chi connectivity index (χ0v) is 30.2. The predicted octanol–water partition coefficient (Wildman–Crippen LogP) is 10.2. The number of hydrogen-bond acceptors (Lipinski definition) is 4. The number of pyridine rings is 2. The number of furan rings is 1. The second-order valence-electron chi connectivity index (χ2n) is 11.8. The van der Waals surface area contributed by atoms with Crippen molar-refractivity contribution in [2.75, 3.05) is 0 Å². The molecule has 4 aromatic carbocycles. The quantitative estimate of drug-likeness (QED) is 0.132. The molecule has 0 aliphatic rings. The van der Waals surface area contributed by atoms with Gasteiger partial charge in [0, 0.05) is 51.9 Å². The van der Waals surface area contributed by atoms with Crippen molar-refractivity contribution in [1.29, 1.82) is 0 Å². The maximum absolute atomic E-state index is 6.16. The van der Waals surface area contributed by atoms with Gasteiger partial charge in [-0.3, -0.25) is 0 Å². The van der Waals surface area contributed by atoms with Gasteiger partial charge in [0.2, 0.25) is 0 Å². The number of aryl methyl sites for hydroxylation is 1. The van der Waals surface area contributed by atoms with E-state index in [-0.39, 0.29) is 20.1 Å². The molecule has 6 heteroatoms. The van der Waals surface area contributed by atoms with E-state index in [1.165, 1.54) is 30.1 Å². The van der Waals surface area contributed by atoms with Crippen LogP contribution in [0.15, 0.2) is 114 Å². The molecule has 4 heterocycles. The summed E-state index contributed by atoms with van der Waals surface area (Å²) in [6.45, 7) is 2.16. The molecule has 0 aliphatic carbocycles. The fourth-order valence-electron chi connectivity index (χ4n) is 5.40. The average Bonchev–Trinajstić information content (AvgIpc) is 3.60. The number of thiophene rings is 1. The normalized spacial score (nSPS) is 11.5. The van der Waals surface area contributed by atoms with E-state index in [4.69, 9.17) is 9.40 Å². The van der Waals surface area contributed by atoms with E-state index in [1.807, 2.05) is 72.3 Å². The molecule has 0 saturated heterocycles. The molecule has 4 aromatic heterocycles. The van der Waals surface area contributed by atoms with Gasteiger partial charge in [0.25, 0.3) is 0 Å². The van der Waals surface area contributed by atoms with E-state index in [1.54, 1.807) is 0 Å². The van der Waals surface area contributed by atoms with Gasteiger partial charge in [-0.25, -0.2) is 0 Å². The van der Waals surface area contributed by atoms with Gasteiger partial charge in [0.1, 0.15) is 5.58 Å². The largest absolute Gasteiger partial charge is 0 e. The van der Waals surface area contributed by atoms with E-state index >= 15 is 0 Å². The zero-order chi connectivity index (χ0) is 29.6. The third-order valence-electron chi connectivity index (χ3n) is 7.79. The molecule has 219 valence electrons. The van der Waals surface area contributed by atoms with Crippen LogP contribution in [-0.4, -0.2) is 23.2 Å². The molecule has 0 fully saturated rings. The van der Waals surface area contributed by atoms with Crippen molar-refractivity contribution in [3.05, 3.63) is 127 Å². The van der Waals surface area contributed by atoms with E-state index in [0.29, 0.717) is 0 Å². The maximum atomic E-state index is 6.16. The minimum atomic E-state index is -1.72. The van der Waals surface area contributed by atoms with Crippen LogP contribution in [-0.2, 0) is 20.1 Å².